The summed E-state index contributed by atoms with van der Waals surface area (Å²) in [4.78, 5) is 24.6. The average Bonchev–Trinajstić information content (AvgIpc) is 3.46. The number of aromatic nitrogens is 2. The molecule has 3 aromatic rings. The lowest BCUT2D eigenvalue weighted by Crippen LogP contribution is -2.32. The minimum Gasteiger partial charge on any atom is -0.481 e. The van der Waals surface area contributed by atoms with E-state index in [1.54, 1.807) is 24.3 Å². The number of halogens is 3. The molecule has 190 valence electrons. The molecule has 0 fully saturated rings. The van der Waals surface area contributed by atoms with E-state index < -0.39 is 29.5 Å². The second-order valence-corrected chi connectivity index (χ2v) is 8.62. The molecule has 4 rings (SSSR count). The van der Waals surface area contributed by atoms with Crippen molar-refractivity contribution in [3.63, 3.8) is 0 Å². The number of carboxylic acid groups (broad SMARTS) is 1. The Bertz CT molecular complexity index is 1300. The van der Waals surface area contributed by atoms with Crippen LogP contribution in [-0.4, -0.2) is 33.3 Å². The molecule has 0 aliphatic heterocycles. The van der Waals surface area contributed by atoms with Crippen molar-refractivity contribution >= 4 is 11.9 Å². The number of amides is 1. The van der Waals surface area contributed by atoms with Gasteiger partial charge in [0, 0.05) is 30.9 Å². The van der Waals surface area contributed by atoms with Gasteiger partial charge in [0.1, 0.15) is 0 Å². The first kappa shape index (κ1) is 25.4. The lowest BCUT2D eigenvalue weighted by molar-refractivity contribution is -0.139. The van der Waals surface area contributed by atoms with Crippen LogP contribution in [0.3, 0.4) is 0 Å². The van der Waals surface area contributed by atoms with Gasteiger partial charge in [-0.1, -0.05) is 24.3 Å². The Hall–Kier alpha value is -3.70. The number of alkyl halides is 3. The quantitative estimate of drug-likeness (QED) is 0.375. The number of nitrogens with one attached hydrogen (secondary N) is 1. The molecule has 6 N–H and O–H groups in total. The molecule has 1 amide bonds. The van der Waals surface area contributed by atoms with Gasteiger partial charge in [0.25, 0.3) is 5.91 Å². The summed E-state index contributed by atoms with van der Waals surface area (Å²) in [5, 5.41) is 16.4. The van der Waals surface area contributed by atoms with Gasteiger partial charge in [-0.15, -0.1) is 0 Å². The van der Waals surface area contributed by atoms with E-state index in [1.807, 2.05) is 0 Å². The molecule has 2 aromatic carbocycles. The molecular formula is C25H26F3N5O3. The monoisotopic (exact) mass is 501 g/mol. The summed E-state index contributed by atoms with van der Waals surface area (Å²) in [7, 11) is 0. The predicted molar refractivity (Wildman–Crippen MR) is 126 cm³/mol. The third kappa shape index (κ3) is 4.98. The molecule has 1 heterocycles. The Morgan fingerprint density at radius 2 is 1.89 bits per heavy atom. The summed E-state index contributed by atoms with van der Waals surface area (Å²) in [5.74, 6) is -3.09. The average molecular weight is 502 g/mol. The zero-order chi connectivity index (χ0) is 26.0. The van der Waals surface area contributed by atoms with Crippen molar-refractivity contribution < 1.29 is 27.9 Å². The highest BCUT2D eigenvalue weighted by molar-refractivity contribution is 5.95. The van der Waals surface area contributed by atoms with E-state index in [0.717, 1.165) is 23.6 Å². The zero-order valence-corrected chi connectivity index (χ0v) is 19.3. The van der Waals surface area contributed by atoms with E-state index in [9.17, 15) is 27.9 Å². The molecule has 0 bridgehead atoms. The van der Waals surface area contributed by atoms with Gasteiger partial charge >= 0.3 is 12.1 Å². The SMILES string of the molecule is NCc1cccc(C(CNC(=O)c2ccc(-n3nc(CN)c4c3CCC4)c(C(F)(F)F)c2)C(=O)O)c1. The van der Waals surface area contributed by atoms with Gasteiger partial charge in [0.15, 0.2) is 0 Å². The second-order valence-electron chi connectivity index (χ2n) is 8.62. The van der Waals surface area contributed by atoms with E-state index in [4.69, 9.17) is 11.5 Å². The van der Waals surface area contributed by atoms with E-state index in [1.165, 1.54) is 16.8 Å². The minimum absolute atomic E-state index is 0.121. The molecule has 0 spiro atoms. The maximum absolute atomic E-state index is 14.0. The topological polar surface area (TPSA) is 136 Å². The van der Waals surface area contributed by atoms with Crippen molar-refractivity contribution in [3.05, 3.63) is 81.7 Å². The van der Waals surface area contributed by atoms with Crippen LogP contribution in [0.4, 0.5) is 13.2 Å². The largest absolute Gasteiger partial charge is 0.481 e. The highest BCUT2D eigenvalue weighted by Gasteiger charge is 2.36. The fourth-order valence-corrected chi connectivity index (χ4v) is 4.55. The summed E-state index contributed by atoms with van der Waals surface area (Å²) < 4.78 is 43.4. The molecule has 0 radical (unpaired) electrons. The van der Waals surface area contributed by atoms with Crippen LogP contribution in [0.5, 0.6) is 0 Å². The molecule has 36 heavy (non-hydrogen) atoms. The van der Waals surface area contributed by atoms with E-state index in [2.05, 4.69) is 10.4 Å². The lowest BCUT2D eigenvalue weighted by atomic mass is 9.97. The maximum atomic E-state index is 14.0. The van der Waals surface area contributed by atoms with Crippen LogP contribution in [0.1, 0.15) is 56.3 Å². The fourth-order valence-electron chi connectivity index (χ4n) is 4.55. The van der Waals surface area contributed by atoms with Crippen molar-refractivity contribution in [1.29, 1.82) is 0 Å². The van der Waals surface area contributed by atoms with Crippen molar-refractivity contribution in [2.45, 2.75) is 44.4 Å². The van der Waals surface area contributed by atoms with E-state index in [0.29, 0.717) is 29.8 Å². The third-order valence-electron chi connectivity index (χ3n) is 6.35. The molecule has 8 nitrogen and oxygen atoms in total. The Kier molecular flexibility index (Phi) is 7.14. The number of fused-ring (bicyclic) bond motifs is 1. The Labute approximate surface area is 205 Å². The van der Waals surface area contributed by atoms with Crippen LogP contribution in [-0.2, 0) is 36.9 Å². The standard InChI is InChI=1S/C25H26F3N5O3/c26-25(27,28)19-10-16(7-8-22(19)33-21-6-2-5-17(21)20(12-30)32-33)23(34)31-13-18(24(35)36)15-4-1-3-14(9-15)11-29/h1,3-4,7-10,18H,2,5-6,11-13,29-30H2,(H,31,34)(H,35,36). The van der Waals surface area contributed by atoms with Crippen LogP contribution < -0.4 is 16.8 Å². The molecule has 1 atom stereocenters. The van der Waals surface area contributed by atoms with Gasteiger partial charge in [0.2, 0.25) is 0 Å². The Morgan fingerprint density at radius 1 is 1.11 bits per heavy atom. The first-order valence-corrected chi connectivity index (χ1v) is 11.4. The summed E-state index contributed by atoms with van der Waals surface area (Å²) >= 11 is 0. The predicted octanol–water partition coefficient (Wildman–Crippen LogP) is 2.90. The van der Waals surface area contributed by atoms with Gasteiger partial charge < -0.3 is 21.9 Å². The number of carbonyl (C=O) groups excluding carboxylic acids is 1. The number of nitrogens with zero attached hydrogens (tertiary/aromatic N) is 2. The summed E-state index contributed by atoms with van der Waals surface area (Å²) in [6.45, 7) is 0.0270. The van der Waals surface area contributed by atoms with Crippen LogP contribution >= 0.6 is 0 Å². The molecule has 0 saturated carbocycles. The number of nitrogens with two attached hydrogens (primary N) is 2. The molecule has 11 heteroatoms. The first-order chi connectivity index (χ1) is 17.1. The van der Waals surface area contributed by atoms with Crippen LogP contribution in [0.15, 0.2) is 42.5 Å². The smallest absolute Gasteiger partial charge is 0.418 e. The van der Waals surface area contributed by atoms with Crippen LogP contribution in [0.25, 0.3) is 5.69 Å². The van der Waals surface area contributed by atoms with Crippen molar-refractivity contribution in [1.82, 2.24) is 15.1 Å². The van der Waals surface area contributed by atoms with E-state index >= 15 is 0 Å². The molecular weight excluding hydrogens is 475 g/mol. The van der Waals surface area contributed by atoms with Gasteiger partial charge in [-0.25, -0.2) is 4.68 Å². The van der Waals surface area contributed by atoms with Gasteiger partial charge in [-0.3, -0.25) is 9.59 Å². The molecule has 1 aliphatic rings. The number of carbonyl (C=O) groups is 2. The normalized spacial score (nSPS) is 13.9. The summed E-state index contributed by atoms with van der Waals surface area (Å²) in [6, 6.07) is 9.87. The first-order valence-electron chi connectivity index (χ1n) is 11.4. The van der Waals surface area contributed by atoms with Crippen molar-refractivity contribution in [3.8, 4) is 5.69 Å². The second kappa shape index (κ2) is 10.1. The van der Waals surface area contributed by atoms with Crippen molar-refractivity contribution in [2.75, 3.05) is 6.54 Å². The highest BCUT2D eigenvalue weighted by Crippen LogP contribution is 2.37. The number of benzene rings is 2. The number of hydrogen-bond donors (Lipinski definition) is 4. The molecule has 1 unspecified atom stereocenters. The maximum Gasteiger partial charge on any atom is 0.418 e. The number of hydrogen-bond acceptors (Lipinski definition) is 5. The van der Waals surface area contributed by atoms with Crippen molar-refractivity contribution in [2.24, 2.45) is 11.5 Å². The van der Waals surface area contributed by atoms with Gasteiger partial charge in [-0.05, 0) is 54.2 Å². The Balaban J connectivity index is 1.62. The number of aliphatic carboxylic acids is 1. The Morgan fingerprint density at radius 3 is 2.56 bits per heavy atom. The number of carboxylic acids is 1. The molecule has 0 saturated heterocycles. The molecule has 1 aliphatic carbocycles. The minimum atomic E-state index is -4.75. The summed E-state index contributed by atoms with van der Waals surface area (Å²) in [6.07, 6.45) is -2.65. The summed E-state index contributed by atoms with van der Waals surface area (Å²) in [5.41, 5.74) is 13.2. The van der Waals surface area contributed by atoms with Gasteiger partial charge in [0.05, 0.1) is 22.9 Å². The lowest BCUT2D eigenvalue weighted by Gasteiger charge is -2.17. The number of rotatable bonds is 8. The van der Waals surface area contributed by atoms with Crippen LogP contribution in [0, 0.1) is 0 Å². The highest BCUT2D eigenvalue weighted by atomic mass is 19.4. The van der Waals surface area contributed by atoms with Gasteiger partial charge in [-0.2, -0.15) is 18.3 Å². The van der Waals surface area contributed by atoms with E-state index in [-0.39, 0.29) is 30.9 Å². The fraction of sp³-hybridized carbons (Fsp3) is 0.320. The zero-order valence-electron chi connectivity index (χ0n) is 19.3. The van der Waals surface area contributed by atoms with Crippen LogP contribution in [0.2, 0.25) is 0 Å². The third-order valence-corrected chi connectivity index (χ3v) is 6.35. The molecule has 1 aromatic heterocycles.